The van der Waals surface area contributed by atoms with E-state index in [1.807, 2.05) is 20.2 Å². The van der Waals surface area contributed by atoms with Crippen LogP contribution in [0.3, 0.4) is 0 Å². The Labute approximate surface area is 268 Å². The van der Waals surface area contributed by atoms with Crippen molar-refractivity contribution in [2.24, 2.45) is 18.9 Å². The maximum atomic E-state index is 12.7. The van der Waals surface area contributed by atoms with E-state index in [1.165, 1.54) is 91.1 Å². The lowest BCUT2D eigenvalue weighted by Gasteiger charge is -2.43. The van der Waals surface area contributed by atoms with Crippen LogP contribution in [0.15, 0.2) is 18.6 Å². The van der Waals surface area contributed by atoms with E-state index in [-0.39, 0.29) is 6.04 Å². The van der Waals surface area contributed by atoms with Gasteiger partial charge in [-0.3, -0.25) is 9.58 Å². The van der Waals surface area contributed by atoms with E-state index in [2.05, 4.69) is 45.7 Å². The predicted molar refractivity (Wildman–Crippen MR) is 177 cm³/mol. The Balaban J connectivity index is 0.933. The Morgan fingerprint density at radius 3 is 2.27 bits per heavy atom. The van der Waals surface area contributed by atoms with Crippen LogP contribution < -0.4 is 16.0 Å². The molecule has 2 aromatic rings. The highest BCUT2D eigenvalue weighted by atomic mass is 16.5. The summed E-state index contributed by atoms with van der Waals surface area (Å²) in [5, 5.41) is 14.5. The zero-order valence-corrected chi connectivity index (χ0v) is 27.4. The maximum absolute atomic E-state index is 12.7. The molecule has 0 radical (unpaired) electrons. The summed E-state index contributed by atoms with van der Waals surface area (Å²) in [7, 11) is 1.86. The number of hydrogen-bond donors (Lipinski definition) is 3. The first kappa shape index (κ1) is 32.2. The zero-order chi connectivity index (χ0) is 31.0. The zero-order valence-electron chi connectivity index (χ0n) is 27.4. The van der Waals surface area contributed by atoms with Gasteiger partial charge in [0.25, 0.3) is 0 Å². The number of piperidine rings is 2. The lowest BCUT2D eigenvalue weighted by Crippen LogP contribution is -2.53. The van der Waals surface area contributed by atoms with Crippen LogP contribution in [0.4, 0.5) is 17.5 Å². The van der Waals surface area contributed by atoms with Gasteiger partial charge in [0.1, 0.15) is 11.4 Å². The molecule has 5 heterocycles. The molecule has 12 heteroatoms. The molecule has 0 aromatic carbocycles. The summed E-state index contributed by atoms with van der Waals surface area (Å²) in [5.41, 5.74) is 1.17. The number of carbonyl (C=O) groups excluding carboxylic acids is 1. The SMILES string of the molecule is CCOC(=O)c1cnc(Nc2cnn(C)c2)nc1NC1CCC(N2CCN(CC3CCN(CC4CCNCC4)CC3)CC2)CC1. The van der Waals surface area contributed by atoms with Crippen molar-refractivity contribution in [2.75, 3.05) is 82.7 Å². The molecule has 0 unspecified atom stereocenters. The summed E-state index contributed by atoms with van der Waals surface area (Å²) in [6.07, 6.45) is 15.0. The first-order chi connectivity index (χ1) is 22.0. The fourth-order valence-corrected chi connectivity index (χ4v) is 7.76. The molecule has 0 atom stereocenters. The van der Waals surface area contributed by atoms with E-state index in [4.69, 9.17) is 4.74 Å². The van der Waals surface area contributed by atoms with E-state index in [0.717, 1.165) is 43.2 Å². The fraction of sp³-hybridized carbons (Fsp3) is 0.758. The summed E-state index contributed by atoms with van der Waals surface area (Å²) < 4.78 is 7.01. The second-order valence-corrected chi connectivity index (χ2v) is 13.6. The van der Waals surface area contributed by atoms with Gasteiger partial charge in [-0.1, -0.05) is 0 Å². The Bertz CT molecular complexity index is 1210. The van der Waals surface area contributed by atoms with E-state index in [0.29, 0.717) is 30.0 Å². The number of piperazine rings is 1. The van der Waals surface area contributed by atoms with Crippen molar-refractivity contribution in [1.29, 1.82) is 0 Å². The van der Waals surface area contributed by atoms with E-state index >= 15 is 0 Å². The highest BCUT2D eigenvalue weighted by molar-refractivity contribution is 5.94. The smallest absolute Gasteiger partial charge is 0.343 e. The van der Waals surface area contributed by atoms with Crippen molar-refractivity contribution in [3.05, 3.63) is 24.2 Å². The van der Waals surface area contributed by atoms with Crippen molar-refractivity contribution in [3.63, 3.8) is 0 Å². The number of esters is 1. The van der Waals surface area contributed by atoms with Gasteiger partial charge in [0, 0.05) is 70.8 Å². The van der Waals surface area contributed by atoms with Crippen LogP contribution in [0.1, 0.15) is 68.6 Å². The third kappa shape index (κ3) is 8.93. The fourth-order valence-electron chi connectivity index (χ4n) is 7.76. The van der Waals surface area contributed by atoms with E-state index in [9.17, 15) is 4.79 Å². The summed E-state index contributed by atoms with van der Waals surface area (Å²) in [5.74, 6) is 2.33. The number of likely N-dealkylation sites (tertiary alicyclic amines) is 1. The van der Waals surface area contributed by atoms with Crippen LogP contribution >= 0.6 is 0 Å². The molecule has 3 N–H and O–H groups in total. The number of rotatable bonds is 11. The quantitative estimate of drug-likeness (QED) is 0.321. The molecule has 12 nitrogen and oxygen atoms in total. The van der Waals surface area contributed by atoms with Gasteiger partial charge in [-0.2, -0.15) is 10.1 Å². The standard InChI is InChI=1S/C33H54N10O2/c1-3-45-32(44)30-21-35-33(38-28-20-36-40(2)24-28)39-31(30)37-27-4-6-29(7-5-27)43-18-16-42(17-19-43)23-26-10-14-41(15-11-26)22-25-8-12-34-13-9-25/h20-21,24-27,29,34H,3-19,22-23H2,1-2H3,(H2,35,37,38,39). The van der Waals surface area contributed by atoms with Crippen molar-refractivity contribution >= 4 is 23.4 Å². The molecule has 3 saturated heterocycles. The predicted octanol–water partition coefficient (Wildman–Crippen LogP) is 3.18. The van der Waals surface area contributed by atoms with Gasteiger partial charge in [0.05, 0.1) is 18.5 Å². The molecule has 0 amide bonds. The summed E-state index contributed by atoms with van der Waals surface area (Å²) in [6, 6.07) is 0.902. The van der Waals surface area contributed by atoms with Crippen LogP contribution in [0.2, 0.25) is 0 Å². The van der Waals surface area contributed by atoms with Gasteiger partial charge in [0.15, 0.2) is 0 Å². The van der Waals surface area contributed by atoms with Crippen molar-refractivity contribution < 1.29 is 9.53 Å². The second-order valence-electron chi connectivity index (χ2n) is 13.6. The molecule has 0 spiro atoms. The number of nitrogens with zero attached hydrogens (tertiary/aromatic N) is 7. The van der Waals surface area contributed by atoms with Crippen LogP contribution in [-0.4, -0.2) is 125 Å². The Kier molecular flexibility index (Phi) is 11.2. The number of aryl methyl sites for hydroxylation is 1. The molecule has 1 aliphatic carbocycles. The molecule has 1 saturated carbocycles. The van der Waals surface area contributed by atoms with Crippen molar-refractivity contribution in [3.8, 4) is 0 Å². The van der Waals surface area contributed by atoms with Gasteiger partial charge >= 0.3 is 5.97 Å². The molecule has 4 fully saturated rings. The number of carbonyl (C=O) groups is 1. The number of anilines is 3. The number of ether oxygens (including phenoxy) is 1. The average molecular weight is 623 g/mol. The Morgan fingerprint density at radius 2 is 1.60 bits per heavy atom. The van der Waals surface area contributed by atoms with Gasteiger partial charge in [-0.15, -0.1) is 0 Å². The molecule has 2 aromatic heterocycles. The third-order valence-corrected chi connectivity index (χ3v) is 10.4. The minimum absolute atomic E-state index is 0.262. The number of aromatic nitrogens is 4. The normalized spacial score (nSPS) is 24.8. The van der Waals surface area contributed by atoms with Crippen LogP contribution in [0, 0.1) is 11.8 Å². The van der Waals surface area contributed by atoms with Crippen LogP contribution in [-0.2, 0) is 11.8 Å². The lowest BCUT2D eigenvalue weighted by molar-refractivity contribution is 0.0526. The topological polar surface area (TPSA) is 116 Å². The minimum Gasteiger partial charge on any atom is -0.462 e. The molecule has 0 bridgehead atoms. The Morgan fingerprint density at radius 1 is 0.911 bits per heavy atom. The monoisotopic (exact) mass is 622 g/mol. The van der Waals surface area contributed by atoms with E-state index < -0.39 is 5.97 Å². The van der Waals surface area contributed by atoms with Crippen molar-refractivity contribution in [2.45, 2.75) is 70.4 Å². The molecular formula is C33H54N10O2. The number of nitrogens with one attached hydrogen (secondary N) is 3. The summed E-state index contributed by atoms with van der Waals surface area (Å²) >= 11 is 0. The highest BCUT2D eigenvalue weighted by Gasteiger charge is 2.31. The van der Waals surface area contributed by atoms with Crippen LogP contribution in [0.5, 0.6) is 0 Å². The second kappa shape index (κ2) is 15.7. The Hall–Kier alpha value is -2.80. The molecule has 6 rings (SSSR count). The van der Waals surface area contributed by atoms with Gasteiger partial charge < -0.3 is 30.5 Å². The summed E-state index contributed by atoms with van der Waals surface area (Å²) in [6.45, 7) is 14.5. The highest BCUT2D eigenvalue weighted by Crippen LogP contribution is 2.29. The minimum atomic E-state index is -0.401. The first-order valence-electron chi connectivity index (χ1n) is 17.5. The number of hydrogen-bond acceptors (Lipinski definition) is 11. The molecule has 248 valence electrons. The van der Waals surface area contributed by atoms with Crippen LogP contribution in [0.25, 0.3) is 0 Å². The third-order valence-electron chi connectivity index (χ3n) is 10.4. The molecular weight excluding hydrogens is 568 g/mol. The maximum Gasteiger partial charge on any atom is 0.343 e. The van der Waals surface area contributed by atoms with Gasteiger partial charge in [0.2, 0.25) is 5.95 Å². The first-order valence-corrected chi connectivity index (χ1v) is 17.5. The van der Waals surface area contributed by atoms with E-state index in [1.54, 1.807) is 17.1 Å². The average Bonchev–Trinajstić information content (AvgIpc) is 3.47. The molecule has 3 aliphatic heterocycles. The molecule has 4 aliphatic rings. The van der Waals surface area contributed by atoms with Gasteiger partial charge in [-0.25, -0.2) is 9.78 Å². The molecule has 45 heavy (non-hydrogen) atoms. The van der Waals surface area contributed by atoms with Gasteiger partial charge in [-0.05, 0) is 96.3 Å². The lowest BCUT2D eigenvalue weighted by atomic mass is 9.89. The summed E-state index contributed by atoms with van der Waals surface area (Å²) in [4.78, 5) is 30.0. The largest absolute Gasteiger partial charge is 0.462 e. The van der Waals surface area contributed by atoms with Crippen molar-refractivity contribution in [1.82, 2.24) is 39.8 Å².